The van der Waals surface area contributed by atoms with Gasteiger partial charge in [0.2, 0.25) is 0 Å². The summed E-state index contributed by atoms with van der Waals surface area (Å²) in [5.74, 6) is -0.257. The second-order valence-electron chi connectivity index (χ2n) is 4.05. The molecule has 2 rings (SSSR count). The lowest BCUT2D eigenvalue weighted by Gasteiger charge is -2.21. The lowest BCUT2D eigenvalue weighted by molar-refractivity contribution is -0.111. The molecule has 6 nitrogen and oxygen atoms in total. The standard InChI is InChI=1S/C12H12N4O2/c13-15-14-11-6-2-1-5-10(11)12(18)16-7-3-4-9(16)8-17/h1-2,5-6,8-9H,3-4,7H2/t9-/m0/s1. The number of hydrogen-bond donors (Lipinski definition) is 0. The van der Waals surface area contributed by atoms with Crippen LogP contribution < -0.4 is 0 Å². The minimum atomic E-state index is -0.364. The minimum Gasteiger partial charge on any atom is -0.329 e. The van der Waals surface area contributed by atoms with Gasteiger partial charge in [-0.05, 0) is 24.4 Å². The first-order valence-electron chi connectivity index (χ1n) is 5.68. The molecule has 1 heterocycles. The molecule has 0 N–H and O–H groups in total. The number of amides is 1. The first kappa shape index (κ1) is 12.1. The molecular weight excluding hydrogens is 232 g/mol. The fourth-order valence-electron chi connectivity index (χ4n) is 2.13. The van der Waals surface area contributed by atoms with Crippen LogP contribution in [0.1, 0.15) is 23.2 Å². The van der Waals surface area contributed by atoms with Gasteiger partial charge >= 0.3 is 0 Å². The molecule has 0 unspecified atom stereocenters. The summed E-state index contributed by atoms with van der Waals surface area (Å²) in [4.78, 5) is 27.4. The Kier molecular flexibility index (Phi) is 3.60. The second-order valence-corrected chi connectivity index (χ2v) is 4.05. The van der Waals surface area contributed by atoms with E-state index in [9.17, 15) is 9.59 Å². The summed E-state index contributed by atoms with van der Waals surface area (Å²) in [6.45, 7) is 0.562. The van der Waals surface area contributed by atoms with Crippen molar-refractivity contribution in [2.75, 3.05) is 6.54 Å². The van der Waals surface area contributed by atoms with Gasteiger partial charge in [0.1, 0.15) is 6.29 Å². The lowest BCUT2D eigenvalue weighted by atomic mass is 10.1. The Labute approximate surface area is 104 Å². The van der Waals surface area contributed by atoms with Gasteiger partial charge in [0.15, 0.2) is 0 Å². The first-order chi connectivity index (χ1) is 8.77. The molecule has 1 aromatic rings. The monoisotopic (exact) mass is 244 g/mol. The summed E-state index contributed by atoms with van der Waals surface area (Å²) < 4.78 is 0. The Morgan fingerprint density at radius 2 is 2.28 bits per heavy atom. The number of rotatable bonds is 3. The highest BCUT2D eigenvalue weighted by Gasteiger charge is 2.29. The van der Waals surface area contributed by atoms with Crippen LogP contribution in [0.25, 0.3) is 10.4 Å². The molecule has 1 aliphatic rings. The largest absolute Gasteiger partial charge is 0.329 e. The quantitative estimate of drug-likeness (QED) is 0.354. The fourth-order valence-corrected chi connectivity index (χ4v) is 2.13. The molecule has 0 bridgehead atoms. The highest BCUT2D eigenvalue weighted by Crippen LogP contribution is 2.24. The molecule has 1 amide bonds. The number of benzene rings is 1. The van der Waals surface area contributed by atoms with Crippen molar-refractivity contribution in [2.24, 2.45) is 5.11 Å². The van der Waals surface area contributed by atoms with Gasteiger partial charge in [-0.2, -0.15) is 0 Å². The van der Waals surface area contributed by atoms with E-state index in [1.165, 1.54) is 4.90 Å². The number of nitrogens with zero attached hydrogens (tertiary/aromatic N) is 4. The Hall–Kier alpha value is -2.33. The van der Waals surface area contributed by atoms with Gasteiger partial charge in [0.05, 0.1) is 11.7 Å². The Bertz CT molecular complexity index is 523. The smallest absolute Gasteiger partial charge is 0.254 e. The van der Waals surface area contributed by atoms with E-state index in [-0.39, 0.29) is 11.9 Å². The van der Waals surface area contributed by atoms with Crippen LogP contribution >= 0.6 is 0 Å². The maximum Gasteiger partial charge on any atom is 0.254 e. The third-order valence-electron chi connectivity index (χ3n) is 3.00. The van der Waals surface area contributed by atoms with Gasteiger partial charge in [-0.1, -0.05) is 23.3 Å². The van der Waals surface area contributed by atoms with Crippen molar-refractivity contribution >= 4 is 17.9 Å². The van der Waals surface area contributed by atoms with E-state index in [1.807, 2.05) is 0 Å². The zero-order valence-electron chi connectivity index (χ0n) is 9.69. The van der Waals surface area contributed by atoms with Crippen molar-refractivity contribution in [3.8, 4) is 0 Å². The van der Waals surface area contributed by atoms with E-state index in [1.54, 1.807) is 24.3 Å². The molecule has 0 aliphatic carbocycles. The summed E-state index contributed by atoms with van der Waals surface area (Å²) in [7, 11) is 0. The third kappa shape index (κ3) is 2.19. The van der Waals surface area contributed by atoms with E-state index in [4.69, 9.17) is 5.53 Å². The molecule has 6 heteroatoms. The van der Waals surface area contributed by atoms with E-state index >= 15 is 0 Å². The molecule has 92 valence electrons. The van der Waals surface area contributed by atoms with Gasteiger partial charge in [-0.3, -0.25) is 4.79 Å². The van der Waals surface area contributed by atoms with Crippen LogP contribution in [-0.4, -0.2) is 29.7 Å². The summed E-state index contributed by atoms with van der Waals surface area (Å²) in [6, 6.07) is 6.22. The topological polar surface area (TPSA) is 86.1 Å². The van der Waals surface area contributed by atoms with Crippen molar-refractivity contribution in [3.05, 3.63) is 40.3 Å². The van der Waals surface area contributed by atoms with Crippen LogP contribution in [0.3, 0.4) is 0 Å². The third-order valence-corrected chi connectivity index (χ3v) is 3.00. The summed E-state index contributed by atoms with van der Waals surface area (Å²) in [6.07, 6.45) is 2.30. The van der Waals surface area contributed by atoms with Crippen molar-refractivity contribution in [3.63, 3.8) is 0 Å². The molecule has 1 atom stereocenters. The van der Waals surface area contributed by atoms with Gasteiger partial charge < -0.3 is 9.69 Å². The molecule has 0 radical (unpaired) electrons. The van der Waals surface area contributed by atoms with Crippen molar-refractivity contribution < 1.29 is 9.59 Å². The van der Waals surface area contributed by atoms with Crippen molar-refractivity contribution in [2.45, 2.75) is 18.9 Å². The SMILES string of the molecule is [N-]=[N+]=Nc1ccccc1C(=O)N1CCC[C@H]1C=O. The van der Waals surface area contributed by atoms with Crippen molar-refractivity contribution in [1.29, 1.82) is 0 Å². The fraction of sp³-hybridized carbons (Fsp3) is 0.333. The number of aldehydes is 1. The van der Waals surface area contributed by atoms with E-state index < -0.39 is 0 Å². The van der Waals surface area contributed by atoms with Crippen LogP contribution in [-0.2, 0) is 4.79 Å². The molecule has 1 aromatic carbocycles. The Balaban J connectivity index is 2.34. The number of azide groups is 1. The molecule has 1 saturated heterocycles. The predicted octanol–water partition coefficient (Wildman–Crippen LogP) is 2.43. The van der Waals surface area contributed by atoms with Crippen LogP contribution in [0.2, 0.25) is 0 Å². The highest BCUT2D eigenvalue weighted by atomic mass is 16.2. The summed E-state index contributed by atoms with van der Waals surface area (Å²) >= 11 is 0. The summed E-state index contributed by atoms with van der Waals surface area (Å²) in [5, 5.41) is 3.49. The maximum atomic E-state index is 12.3. The van der Waals surface area contributed by atoms with Gasteiger partial charge in [0, 0.05) is 17.0 Å². The Morgan fingerprint density at radius 1 is 1.50 bits per heavy atom. The van der Waals surface area contributed by atoms with Crippen molar-refractivity contribution in [1.82, 2.24) is 4.90 Å². The minimum absolute atomic E-state index is 0.257. The molecule has 1 aliphatic heterocycles. The number of carbonyl (C=O) groups excluding carboxylic acids is 2. The first-order valence-corrected chi connectivity index (χ1v) is 5.68. The zero-order chi connectivity index (χ0) is 13.0. The van der Waals surface area contributed by atoms with Crippen LogP contribution in [0, 0.1) is 0 Å². The van der Waals surface area contributed by atoms with Gasteiger partial charge in [0.25, 0.3) is 5.91 Å². The molecule has 18 heavy (non-hydrogen) atoms. The Morgan fingerprint density at radius 3 is 3.00 bits per heavy atom. The highest BCUT2D eigenvalue weighted by molar-refractivity contribution is 6.00. The van der Waals surface area contributed by atoms with Gasteiger partial charge in [-0.25, -0.2) is 0 Å². The molecule has 0 aromatic heterocycles. The number of likely N-dealkylation sites (tertiary alicyclic amines) is 1. The molecule has 0 spiro atoms. The van der Waals surface area contributed by atoms with E-state index in [0.717, 1.165) is 12.7 Å². The average Bonchev–Trinajstić information content (AvgIpc) is 2.87. The molecule has 1 fully saturated rings. The maximum absolute atomic E-state index is 12.3. The van der Waals surface area contributed by atoms with Gasteiger partial charge in [-0.15, -0.1) is 0 Å². The second kappa shape index (κ2) is 5.33. The number of hydrogen-bond acceptors (Lipinski definition) is 3. The van der Waals surface area contributed by atoms with Crippen LogP contribution in [0.4, 0.5) is 5.69 Å². The average molecular weight is 244 g/mol. The molecular formula is C12H12N4O2. The summed E-state index contributed by atoms with van der Waals surface area (Å²) in [5.41, 5.74) is 9.10. The number of carbonyl (C=O) groups is 2. The van der Waals surface area contributed by atoms with Crippen LogP contribution in [0.15, 0.2) is 29.4 Å². The normalized spacial score (nSPS) is 18.2. The molecule has 0 saturated carbocycles. The van der Waals surface area contributed by atoms with Crippen LogP contribution in [0.5, 0.6) is 0 Å². The van der Waals surface area contributed by atoms with E-state index in [2.05, 4.69) is 10.0 Å². The zero-order valence-corrected chi connectivity index (χ0v) is 9.69. The van der Waals surface area contributed by atoms with E-state index in [0.29, 0.717) is 24.2 Å². The lowest BCUT2D eigenvalue weighted by Crippen LogP contribution is -2.36. The predicted molar refractivity (Wildman–Crippen MR) is 65.4 cm³/mol.